The first-order valence-electron chi connectivity index (χ1n) is 3.65. The molecule has 1 rings (SSSR count). The molecular weight excluding hydrogens is 313 g/mol. The molecule has 15 heavy (non-hydrogen) atoms. The normalized spacial score (nSPS) is 9.33. The molecule has 0 radical (unpaired) electrons. The molecule has 0 aromatic heterocycles. The zero-order valence-electron chi connectivity index (χ0n) is 7.23. The topological polar surface area (TPSA) is 110 Å². The standard InChI is InChI=1S/C8H4IN3O3/c9-6-2-4(8(11)13)1-5(3-10)7(6)12(14)15/h1-2H,(H2,11,13). The zero-order valence-corrected chi connectivity index (χ0v) is 9.39. The smallest absolute Gasteiger partial charge is 0.300 e. The number of hydrogen-bond donors (Lipinski definition) is 1. The van der Waals surface area contributed by atoms with Crippen LogP contribution >= 0.6 is 22.6 Å². The molecule has 0 aliphatic rings. The average molecular weight is 317 g/mol. The van der Waals surface area contributed by atoms with Gasteiger partial charge in [-0.05, 0) is 34.7 Å². The maximum absolute atomic E-state index is 10.8. The maximum atomic E-state index is 10.8. The predicted octanol–water partition coefficient (Wildman–Crippen LogP) is 1.17. The van der Waals surface area contributed by atoms with Crippen molar-refractivity contribution >= 4 is 34.2 Å². The first kappa shape index (κ1) is 11.4. The van der Waals surface area contributed by atoms with E-state index in [0.29, 0.717) is 0 Å². The zero-order chi connectivity index (χ0) is 11.6. The number of rotatable bonds is 2. The van der Waals surface area contributed by atoms with Gasteiger partial charge in [0.05, 0.1) is 8.49 Å². The van der Waals surface area contributed by atoms with Gasteiger partial charge in [-0.15, -0.1) is 0 Å². The molecule has 0 spiro atoms. The third-order valence-corrected chi connectivity index (χ3v) is 2.47. The number of benzene rings is 1. The Morgan fingerprint density at radius 2 is 2.20 bits per heavy atom. The lowest BCUT2D eigenvalue weighted by Crippen LogP contribution is -2.12. The van der Waals surface area contributed by atoms with E-state index in [2.05, 4.69) is 0 Å². The summed E-state index contributed by atoms with van der Waals surface area (Å²) in [6.45, 7) is 0. The molecule has 0 bridgehead atoms. The molecule has 1 aromatic rings. The summed E-state index contributed by atoms with van der Waals surface area (Å²) in [6, 6.07) is 4.05. The van der Waals surface area contributed by atoms with Crippen molar-refractivity contribution in [1.29, 1.82) is 5.26 Å². The number of nitro benzene ring substituents is 1. The van der Waals surface area contributed by atoms with Crippen molar-refractivity contribution in [3.63, 3.8) is 0 Å². The lowest BCUT2D eigenvalue weighted by atomic mass is 10.1. The molecule has 0 saturated carbocycles. The monoisotopic (exact) mass is 317 g/mol. The molecule has 6 nitrogen and oxygen atoms in total. The number of nitrogens with two attached hydrogens (primary N) is 1. The van der Waals surface area contributed by atoms with Crippen LogP contribution in [0.25, 0.3) is 0 Å². The number of hydrogen-bond acceptors (Lipinski definition) is 4. The Labute approximate surface area is 98.0 Å². The van der Waals surface area contributed by atoms with Crippen molar-refractivity contribution in [3.05, 3.63) is 36.9 Å². The van der Waals surface area contributed by atoms with Crippen molar-refractivity contribution in [2.24, 2.45) is 5.73 Å². The van der Waals surface area contributed by atoms with E-state index in [1.54, 1.807) is 28.7 Å². The minimum atomic E-state index is -0.723. The quantitative estimate of drug-likeness (QED) is 0.501. The predicted molar refractivity (Wildman–Crippen MR) is 59.0 cm³/mol. The number of halogens is 1. The van der Waals surface area contributed by atoms with Gasteiger partial charge in [-0.25, -0.2) is 0 Å². The van der Waals surface area contributed by atoms with Crippen LogP contribution in [0.4, 0.5) is 5.69 Å². The Balaban J connectivity index is 3.53. The van der Waals surface area contributed by atoms with Crippen molar-refractivity contribution in [2.45, 2.75) is 0 Å². The Morgan fingerprint density at radius 3 is 2.60 bits per heavy atom. The van der Waals surface area contributed by atoms with Gasteiger partial charge in [0.15, 0.2) is 0 Å². The van der Waals surface area contributed by atoms with Gasteiger partial charge in [0.1, 0.15) is 11.6 Å². The molecule has 0 fully saturated rings. The van der Waals surface area contributed by atoms with E-state index in [-0.39, 0.29) is 20.4 Å². The summed E-state index contributed by atoms with van der Waals surface area (Å²) in [6.07, 6.45) is 0. The van der Waals surface area contributed by atoms with Crippen LogP contribution in [0.15, 0.2) is 12.1 Å². The number of carbonyl (C=O) groups is 1. The van der Waals surface area contributed by atoms with Gasteiger partial charge >= 0.3 is 0 Å². The fourth-order valence-electron chi connectivity index (χ4n) is 1.01. The van der Waals surface area contributed by atoms with Crippen LogP contribution in [-0.2, 0) is 0 Å². The number of carbonyl (C=O) groups excluding carboxylic acids is 1. The van der Waals surface area contributed by atoms with Gasteiger partial charge in [-0.2, -0.15) is 5.26 Å². The van der Waals surface area contributed by atoms with Crippen LogP contribution in [0.1, 0.15) is 15.9 Å². The second-order valence-electron chi connectivity index (χ2n) is 2.59. The fourth-order valence-corrected chi connectivity index (χ4v) is 1.84. The fraction of sp³-hybridized carbons (Fsp3) is 0. The van der Waals surface area contributed by atoms with E-state index in [4.69, 9.17) is 11.0 Å². The van der Waals surface area contributed by atoms with Gasteiger partial charge in [0.2, 0.25) is 5.91 Å². The van der Waals surface area contributed by atoms with E-state index in [9.17, 15) is 14.9 Å². The minimum Gasteiger partial charge on any atom is -0.366 e. The number of nitrogens with zero attached hydrogens (tertiary/aromatic N) is 2. The van der Waals surface area contributed by atoms with E-state index in [1.165, 1.54) is 6.07 Å². The summed E-state index contributed by atoms with van der Waals surface area (Å²) >= 11 is 1.68. The largest absolute Gasteiger partial charge is 0.366 e. The summed E-state index contributed by atoms with van der Waals surface area (Å²) in [5, 5.41) is 19.3. The lowest BCUT2D eigenvalue weighted by Gasteiger charge is -2.00. The molecule has 0 saturated heterocycles. The van der Waals surface area contributed by atoms with E-state index < -0.39 is 10.8 Å². The summed E-state index contributed by atoms with van der Waals surface area (Å²) in [7, 11) is 0. The molecule has 7 heteroatoms. The Bertz CT molecular complexity index is 493. The highest BCUT2D eigenvalue weighted by atomic mass is 127. The van der Waals surface area contributed by atoms with Crippen LogP contribution in [0, 0.1) is 25.0 Å². The van der Waals surface area contributed by atoms with Crippen LogP contribution in [0.2, 0.25) is 0 Å². The Hall–Kier alpha value is -1.69. The number of nitro groups is 1. The summed E-state index contributed by atoms with van der Waals surface area (Å²) in [4.78, 5) is 20.8. The minimum absolute atomic E-state index is 0.0848. The molecule has 0 unspecified atom stereocenters. The van der Waals surface area contributed by atoms with Crippen LogP contribution in [0.3, 0.4) is 0 Å². The van der Waals surface area contributed by atoms with Gasteiger partial charge in [0, 0.05) is 5.56 Å². The highest BCUT2D eigenvalue weighted by Crippen LogP contribution is 2.26. The van der Waals surface area contributed by atoms with E-state index in [1.807, 2.05) is 0 Å². The molecule has 1 amide bonds. The van der Waals surface area contributed by atoms with Gasteiger partial charge in [-0.1, -0.05) is 0 Å². The second kappa shape index (κ2) is 4.22. The molecule has 0 heterocycles. The first-order valence-corrected chi connectivity index (χ1v) is 4.73. The number of nitriles is 1. The number of primary amides is 1. The SMILES string of the molecule is N#Cc1cc(C(N)=O)cc(I)c1[N+](=O)[O-]. The highest BCUT2D eigenvalue weighted by Gasteiger charge is 2.20. The van der Waals surface area contributed by atoms with Gasteiger partial charge < -0.3 is 5.73 Å². The van der Waals surface area contributed by atoms with Crippen LogP contribution < -0.4 is 5.73 Å². The first-order chi connectivity index (χ1) is 6.97. The maximum Gasteiger partial charge on any atom is 0.300 e. The molecule has 76 valence electrons. The van der Waals surface area contributed by atoms with Crippen molar-refractivity contribution < 1.29 is 9.72 Å². The summed E-state index contributed by atoms with van der Waals surface area (Å²) < 4.78 is 0.213. The highest BCUT2D eigenvalue weighted by molar-refractivity contribution is 14.1. The molecule has 1 aromatic carbocycles. The van der Waals surface area contributed by atoms with Crippen LogP contribution in [-0.4, -0.2) is 10.8 Å². The van der Waals surface area contributed by atoms with Crippen molar-refractivity contribution in [3.8, 4) is 6.07 Å². The lowest BCUT2D eigenvalue weighted by molar-refractivity contribution is -0.386. The molecule has 0 aliphatic carbocycles. The van der Waals surface area contributed by atoms with Crippen molar-refractivity contribution in [2.75, 3.05) is 0 Å². The van der Waals surface area contributed by atoms with Crippen molar-refractivity contribution in [1.82, 2.24) is 0 Å². The number of amides is 1. The average Bonchev–Trinajstić information content (AvgIpc) is 2.15. The van der Waals surface area contributed by atoms with E-state index in [0.717, 1.165) is 6.07 Å². The summed E-state index contributed by atoms with van der Waals surface area (Å²) in [5.74, 6) is -0.723. The van der Waals surface area contributed by atoms with Gasteiger partial charge in [0.25, 0.3) is 5.69 Å². The van der Waals surface area contributed by atoms with E-state index >= 15 is 0 Å². The summed E-state index contributed by atoms with van der Waals surface area (Å²) in [5.41, 5.74) is 4.63. The molecule has 0 aliphatic heterocycles. The van der Waals surface area contributed by atoms with Gasteiger partial charge in [-0.3, -0.25) is 14.9 Å². The third kappa shape index (κ3) is 2.21. The Kier molecular flexibility index (Phi) is 3.21. The molecule has 0 atom stereocenters. The van der Waals surface area contributed by atoms with Crippen LogP contribution in [0.5, 0.6) is 0 Å². The molecule has 2 N–H and O–H groups in total. The molecular formula is C8H4IN3O3. The third-order valence-electron chi connectivity index (χ3n) is 1.65. The Morgan fingerprint density at radius 1 is 1.60 bits per heavy atom. The second-order valence-corrected chi connectivity index (χ2v) is 3.75.